The zero-order chi connectivity index (χ0) is 5.98. The Morgan fingerprint density at radius 2 is 2.38 bits per heavy atom. The quantitative estimate of drug-likeness (QED) is 0.392. The van der Waals surface area contributed by atoms with Crippen LogP contribution in [-0.2, 0) is 0 Å². The van der Waals surface area contributed by atoms with Crippen LogP contribution in [0.1, 0.15) is 0 Å². The van der Waals surface area contributed by atoms with Crippen molar-refractivity contribution in [1.29, 1.82) is 0 Å². The average Bonchev–Trinajstić information content (AvgIpc) is 2.14. The van der Waals surface area contributed by atoms with Gasteiger partial charge in [0.2, 0.25) is 0 Å². The first-order valence-corrected chi connectivity index (χ1v) is 2.90. The molecule has 0 unspecified atom stereocenters. The fraction of sp³-hybridized carbons (Fsp3) is 1.00. The van der Waals surface area contributed by atoms with E-state index in [1.54, 1.807) is 0 Å². The molecule has 0 saturated carbocycles. The standard InChI is InChI=1S/C5H12N2O/c1-6-4-2-7-3-5(4)8/h4-8H,2-3H2,1H3/t4-,5+/m0/s1. The van der Waals surface area contributed by atoms with E-state index < -0.39 is 0 Å². The SMILES string of the molecule is CN[C@H]1CNC[C@H]1O. The van der Waals surface area contributed by atoms with Gasteiger partial charge in [0.15, 0.2) is 0 Å². The lowest BCUT2D eigenvalue weighted by Gasteiger charge is -2.09. The zero-order valence-electron chi connectivity index (χ0n) is 5.02. The van der Waals surface area contributed by atoms with Crippen LogP contribution in [0.2, 0.25) is 0 Å². The Kier molecular flexibility index (Phi) is 1.83. The summed E-state index contributed by atoms with van der Waals surface area (Å²) in [5.74, 6) is 0. The van der Waals surface area contributed by atoms with Gasteiger partial charge in [-0.2, -0.15) is 0 Å². The van der Waals surface area contributed by atoms with Crippen LogP contribution >= 0.6 is 0 Å². The molecule has 2 atom stereocenters. The monoisotopic (exact) mass is 116 g/mol. The molecule has 0 amide bonds. The summed E-state index contributed by atoms with van der Waals surface area (Å²) in [4.78, 5) is 0. The molecule has 3 N–H and O–H groups in total. The Morgan fingerprint density at radius 3 is 2.62 bits per heavy atom. The van der Waals surface area contributed by atoms with Gasteiger partial charge in [-0.15, -0.1) is 0 Å². The van der Waals surface area contributed by atoms with Crippen molar-refractivity contribution in [3.63, 3.8) is 0 Å². The van der Waals surface area contributed by atoms with Gasteiger partial charge < -0.3 is 15.7 Å². The van der Waals surface area contributed by atoms with Gasteiger partial charge in [-0.3, -0.25) is 0 Å². The predicted molar refractivity (Wildman–Crippen MR) is 31.7 cm³/mol. The summed E-state index contributed by atoms with van der Waals surface area (Å²) in [6.45, 7) is 1.61. The van der Waals surface area contributed by atoms with Crippen molar-refractivity contribution < 1.29 is 5.11 Å². The number of hydrogen-bond acceptors (Lipinski definition) is 3. The lowest BCUT2D eigenvalue weighted by molar-refractivity contribution is 0.167. The molecule has 0 radical (unpaired) electrons. The normalized spacial score (nSPS) is 38.2. The highest BCUT2D eigenvalue weighted by atomic mass is 16.3. The fourth-order valence-corrected chi connectivity index (χ4v) is 0.959. The highest BCUT2D eigenvalue weighted by Crippen LogP contribution is 1.96. The molecule has 1 rings (SSSR count). The highest BCUT2D eigenvalue weighted by Gasteiger charge is 2.22. The Bertz CT molecular complexity index is 76.8. The number of aliphatic hydroxyl groups is 1. The second-order valence-corrected chi connectivity index (χ2v) is 2.12. The minimum absolute atomic E-state index is 0.194. The zero-order valence-corrected chi connectivity index (χ0v) is 5.02. The van der Waals surface area contributed by atoms with Crippen LogP contribution in [0.15, 0.2) is 0 Å². The lowest BCUT2D eigenvalue weighted by atomic mass is 10.2. The first-order valence-electron chi connectivity index (χ1n) is 2.90. The maximum Gasteiger partial charge on any atom is 0.0829 e. The van der Waals surface area contributed by atoms with E-state index in [-0.39, 0.29) is 12.1 Å². The third-order valence-corrected chi connectivity index (χ3v) is 1.55. The van der Waals surface area contributed by atoms with Crippen LogP contribution in [-0.4, -0.2) is 37.4 Å². The maximum absolute atomic E-state index is 9.06. The molecule has 0 aromatic rings. The molecule has 1 heterocycles. The third kappa shape index (κ3) is 0.992. The molecular formula is C5H12N2O. The fourth-order valence-electron chi connectivity index (χ4n) is 0.959. The molecule has 1 saturated heterocycles. The van der Waals surface area contributed by atoms with Gasteiger partial charge in [-0.1, -0.05) is 0 Å². The topological polar surface area (TPSA) is 44.3 Å². The van der Waals surface area contributed by atoms with Crippen molar-refractivity contribution in [2.45, 2.75) is 12.1 Å². The maximum atomic E-state index is 9.06. The summed E-state index contributed by atoms with van der Waals surface area (Å²) < 4.78 is 0. The van der Waals surface area contributed by atoms with Crippen LogP contribution in [0.5, 0.6) is 0 Å². The Hall–Kier alpha value is -0.120. The van der Waals surface area contributed by atoms with Gasteiger partial charge in [0, 0.05) is 19.1 Å². The van der Waals surface area contributed by atoms with Gasteiger partial charge in [0.05, 0.1) is 6.10 Å². The van der Waals surface area contributed by atoms with E-state index >= 15 is 0 Å². The second-order valence-electron chi connectivity index (χ2n) is 2.12. The van der Waals surface area contributed by atoms with E-state index in [9.17, 15) is 0 Å². The first kappa shape index (κ1) is 6.01. The third-order valence-electron chi connectivity index (χ3n) is 1.55. The molecule has 1 aliphatic heterocycles. The molecule has 0 spiro atoms. The van der Waals surface area contributed by atoms with E-state index in [0.717, 1.165) is 13.1 Å². The molecule has 48 valence electrons. The number of aliphatic hydroxyl groups excluding tert-OH is 1. The minimum Gasteiger partial charge on any atom is -0.390 e. The summed E-state index contributed by atoms with van der Waals surface area (Å²) in [6.07, 6.45) is -0.194. The summed E-state index contributed by atoms with van der Waals surface area (Å²) >= 11 is 0. The van der Waals surface area contributed by atoms with E-state index in [2.05, 4.69) is 10.6 Å². The minimum atomic E-state index is -0.194. The van der Waals surface area contributed by atoms with Crippen LogP contribution in [0.25, 0.3) is 0 Å². The number of rotatable bonds is 1. The van der Waals surface area contributed by atoms with Crippen molar-refractivity contribution in [1.82, 2.24) is 10.6 Å². The van der Waals surface area contributed by atoms with E-state index in [1.165, 1.54) is 0 Å². The van der Waals surface area contributed by atoms with Crippen molar-refractivity contribution in [3.05, 3.63) is 0 Å². The van der Waals surface area contributed by atoms with E-state index in [4.69, 9.17) is 5.11 Å². The van der Waals surface area contributed by atoms with Crippen LogP contribution in [0, 0.1) is 0 Å². The Balaban J connectivity index is 2.30. The Labute approximate surface area is 49.1 Å². The van der Waals surface area contributed by atoms with Gasteiger partial charge in [0.1, 0.15) is 0 Å². The molecule has 0 bridgehead atoms. The van der Waals surface area contributed by atoms with Gasteiger partial charge in [-0.05, 0) is 7.05 Å². The highest BCUT2D eigenvalue weighted by molar-refractivity contribution is 4.84. The van der Waals surface area contributed by atoms with Gasteiger partial charge in [0.25, 0.3) is 0 Å². The largest absolute Gasteiger partial charge is 0.390 e. The molecule has 8 heavy (non-hydrogen) atoms. The van der Waals surface area contributed by atoms with E-state index in [1.807, 2.05) is 7.05 Å². The molecule has 1 fully saturated rings. The first-order chi connectivity index (χ1) is 3.84. The van der Waals surface area contributed by atoms with Gasteiger partial charge in [-0.25, -0.2) is 0 Å². The van der Waals surface area contributed by atoms with Crippen molar-refractivity contribution in [2.24, 2.45) is 0 Å². The summed E-state index contributed by atoms with van der Waals surface area (Å²) in [6, 6.07) is 0.259. The summed E-state index contributed by atoms with van der Waals surface area (Å²) in [5, 5.41) is 15.1. The van der Waals surface area contributed by atoms with Crippen molar-refractivity contribution in [2.75, 3.05) is 20.1 Å². The van der Waals surface area contributed by atoms with Crippen LogP contribution < -0.4 is 10.6 Å². The Morgan fingerprint density at radius 1 is 1.62 bits per heavy atom. The van der Waals surface area contributed by atoms with Crippen molar-refractivity contribution in [3.8, 4) is 0 Å². The van der Waals surface area contributed by atoms with Crippen molar-refractivity contribution >= 4 is 0 Å². The predicted octanol–water partition coefficient (Wildman–Crippen LogP) is -1.46. The molecule has 3 nitrogen and oxygen atoms in total. The number of nitrogens with one attached hydrogen (secondary N) is 2. The lowest BCUT2D eigenvalue weighted by Crippen LogP contribution is -2.36. The second kappa shape index (κ2) is 2.44. The number of β-amino-alcohol motifs (C(OH)–C–C–N with tert-alkyl or cyclic N) is 1. The number of hydrogen-bond donors (Lipinski definition) is 3. The van der Waals surface area contributed by atoms with Crippen LogP contribution in [0.3, 0.4) is 0 Å². The molecule has 1 aliphatic rings. The smallest absolute Gasteiger partial charge is 0.0829 e. The molecular weight excluding hydrogens is 104 g/mol. The molecule has 0 aromatic heterocycles. The summed E-state index contributed by atoms with van der Waals surface area (Å²) in [5.41, 5.74) is 0. The van der Waals surface area contributed by atoms with Crippen LogP contribution in [0.4, 0.5) is 0 Å². The molecule has 0 aromatic carbocycles. The molecule has 0 aliphatic carbocycles. The molecule has 3 heteroatoms. The van der Waals surface area contributed by atoms with Gasteiger partial charge >= 0.3 is 0 Å². The van der Waals surface area contributed by atoms with E-state index in [0.29, 0.717) is 0 Å². The average molecular weight is 116 g/mol. The number of likely N-dealkylation sites (N-methyl/N-ethyl adjacent to an activating group) is 1. The summed E-state index contributed by atoms with van der Waals surface area (Å²) in [7, 11) is 1.86.